The molecule has 0 bridgehead atoms. The van der Waals surface area contributed by atoms with E-state index >= 15 is 0 Å². The lowest BCUT2D eigenvalue weighted by Crippen LogP contribution is -2.23. The van der Waals surface area contributed by atoms with Gasteiger partial charge in [0.25, 0.3) is 0 Å². The van der Waals surface area contributed by atoms with Crippen molar-refractivity contribution in [2.45, 2.75) is 38.8 Å². The van der Waals surface area contributed by atoms with Gasteiger partial charge in [-0.25, -0.2) is 9.98 Å². The van der Waals surface area contributed by atoms with Crippen LogP contribution in [-0.4, -0.2) is 21.5 Å². The van der Waals surface area contributed by atoms with Crippen LogP contribution in [0.25, 0.3) is 10.9 Å². The van der Waals surface area contributed by atoms with Crippen LogP contribution in [0.4, 0.5) is 0 Å². The van der Waals surface area contributed by atoms with Gasteiger partial charge in [0.15, 0.2) is 6.10 Å². The molecule has 0 fully saturated rings. The van der Waals surface area contributed by atoms with Crippen LogP contribution >= 0.6 is 0 Å². The number of aromatic hydroxyl groups is 1. The maximum atomic E-state index is 10.3. The monoisotopic (exact) mass is 436 g/mol. The second kappa shape index (κ2) is 7.07. The maximum Gasteiger partial charge on any atom is 0.219 e. The Morgan fingerprint density at radius 1 is 1.00 bits per heavy atom. The fraction of sp³-hybridized carbons (Fsp3) is 0.214. The molecule has 5 heteroatoms. The summed E-state index contributed by atoms with van der Waals surface area (Å²) in [5.74, 6) is 1.86. The molecule has 0 unspecified atom stereocenters. The van der Waals surface area contributed by atoms with Crippen molar-refractivity contribution in [1.29, 1.82) is 0 Å². The lowest BCUT2D eigenvalue weighted by Gasteiger charge is -2.19. The summed E-state index contributed by atoms with van der Waals surface area (Å²) in [5.41, 5.74) is 5.67. The molecule has 2 atom stereocenters. The number of ether oxygens (including phenoxy) is 2. The minimum absolute atomic E-state index is 0.0674. The topological polar surface area (TPSA) is 63.9 Å². The minimum atomic E-state index is -0.292. The van der Waals surface area contributed by atoms with Crippen molar-refractivity contribution in [1.82, 2.24) is 4.98 Å². The fourth-order valence-electron chi connectivity index (χ4n) is 5.01. The third-order valence-electron chi connectivity index (χ3n) is 6.45. The number of aryl methyl sites for hydroxylation is 2. The molecule has 4 aromatic rings. The van der Waals surface area contributed by atoms with Crippen LogP contribution in [0.2, 0.25) is 0 Å². The Morgan fingerprint density at radius 3 is 2.70 bits per heavy atom. The first-order valence-corrected chi connectivity index (χ1v) is 11.1. The highest BCUT2D eigenvalue weighted by atomic mass is 16.5. The van der Waals surface area contributed by atoms with E-state index in [4.69, 9.17) is 14.5 Å². The molecule has 164 valence electrons. The normalized spacial score (nSPS) is 20.8. The van der Waals surface area contributed by atoms with Gasteiger partial charge in [-0.1, -0.05) is 24.3 Å². The summed E-state index contributed by atoms with van der Waals surface area (Å²) in [6.07, 6.45) is 0.804. The highest BCUT2D eigenvalue weighted by molar-refractivity contribution is 5.96. The number of fused-ring (bicyclic) bond motifs is 4. The summed E-state index contributed by atoms with van der Waals surface area (Å²) in [4.78, 5) is 9.52. The Hall–Kier alpha value is -3.86. The summed E-state index contributed by atoms with van der Waals surface area (Å²) < 4.78 is 12.5. The average molecular weight is 437 g/mol. The van der Waals surface area contributed by atoms with E-state index in [2.05, 4.69) is 42.2 Å². The Kier molecular flexibility index (Phi) is 4.24. The van der Waals surface area contributed by atoms with Crippen LogP contribution in [0.5, 0.6) is 17.4 Å². The molecule has 0 radical (unpaired) electrons. The van der Waals surface area contributed by atoms with Crippen LogP contribution in [-0.2, 0) is 11.2 Å². The molecule has 1 aromatic heterocycles. The molecule has 0 saturated carbocycles. The van der Waals surface area contributed by atoms with Crippen molar-refractivity contribution in [2.75, 3.05) is 0 Å². The zero-order valence-electron chi connectivity index (χ0n) is 18.8. The molecule has 0 amide bonds. The number of benzene rings is 3. The van der Waals surface area contributed by atoms with E-state index in [-0.39, 0.29) is 17.4 Å². The molecule has 3 aromatic carbocycles. The van der Waals surface area contributed by atoms with Crippen molar-refractivity contribution < 1.29 is 14.6 Å². The molecule has 2 heterocycles. The smallest absolute Gasteiger partial charge is 0.219 e. The Bertz CT molecular complexity index is 1460. The van der Waals surface area contributed by atoms with E-state index in [1.807, 2.05) is 44.2 Å². The molecule has 6 rings (SSSR count). The van der Waals surface area contributed by atoms with Crippen molar-refractivity contribution in [2.24, 2.45) is 4.99 Å². The highest BCUT2D eigenvalue weighted by Crippen LogP contribution is 2.48. The second-order valence-electron chi connectivity index (χ2n) is 9.29. The summed E-state index contributed by atoms with van der Waals surface area (Å²) in [7, 11) is 0. The number of aromatic nitrogens is 1. The number of pyridine rings is 1. The number of nitrogens with zero attached hydrogens (tertiary/aromatic N) is 2. The van der Waals surface area contributed by atoms with Crippen LogP contribution in [0, 0.1) is 13.8 Å². The molecule has 0 spiro atoms. The Morgan fingerprint density at radius 2 is 1.82 bits per heavy atom. The lowest BCUT2D eigenvalue weighted by atomic mass is 9.97. The van der Waals surface area contributed by atoms with Gasteiger partial charge in [0, 0.05) is 23.4 Å². The van der Waals surface area contributed by atoms with Crippen molar-refractivity contribution >= 4 is 16.8 Å². The van der Waals surface area contributed by atoms with E-state index < -0.39 is 0 Å². The molecule has 2 aliphatic rings. The van der Waals surface area contributed by atoms with Gasteiger partial charge in [-0.2, -0.15) is 0 Å². The van der Waals surface area contributed by atoms with Crippen LogP contribution < -0.4 is 4.74 Å². The van der Waals surface area contributed by atoms with E-state index in [1.54, 1.807) is 6.07 Å². The molecule has 1 N–H and O–H groups in total. The van der Waals surface area contributed by atoms with Gasteiger partial charge in [-0.3, -0.25) is 0 Å². The summed E-state index contributed by atoms with van der Waals surface area (Å²) >= 11 is 0. The maximum absolute atomic E-state index is 10.3. The number of hydrogen-bond donors (Lipinski definition) is 1. The second-order valence-corrected chi connectivity index (χ2v) is 9.29. The molecule has 33 heavy (non-hydrogen) atoms. The Balaban J connectivity index is 1.32. The molecule has 5 nitrogen and oxygen atoms in total. The van der Waals surface area contributed by atoms with Crippen molar-refractivity contribution in [3.63, 3.8) is 0 Å². The van der Waals surface area contributed by atoms with Gasteiger partial charge in [0.2, 0.25) is 11.8 Å². The molecule has 1 aliphatic carbocycles. The predicted octanol–water partition coefficient (Wildman–Crippen LogP) is 6.18. The SMILES string of the molecule is Cc1cc(Oc2ccc3cc(C)cc(O)c3n2)cc(C2=N[C@@]3(C)Cc4ccccc4[C@@H]3O2)c1. The number of hydrogen-bond acceptors (Lipinski definition) is 5. The highest BCUT2D eigenvalue weighted by Gasteiger charge is 2.49. The van der Waals surface area contributed by atoms with Crippen LogP contribution in [0.1, 0.15) is 40.8 Å². The zero-order chi connectivity index (χ0) is 22.7. The van der Waals surface area contributed by atoms with Gasteiger partial charge in [0.1, 0.15) is 22.6 Å². The average Bonchev–Trinajstić information content (AvgIpc) is 3.24. The quantitative estimate of drug-likeness (QED) is 0.416. The zero-order valence-corrected chi connectivity index (χ0v) is 18.8. The third kappa shape index (κ3) is 3.32. The van der Waals surface area contributed by atoms with E-state index in [0.29, 0.717) is 23.0 Å². The largest absolute Gasteiger partial charge is 0.506 e. The third-order valence-corrected chi connectivity index (χ3v) is 6.45. The summed E-state index contributed by atoms with van der Waals surface area (Å²) in [6, 6.07) is 21.8. The number of rotatable bonds is 3. The minimum Gasteiger partial charge on any atom is -0.506 e. The van der Waals surface area contributed by atoms with Gasteiger partial charge >= 0.3 is 0 Å². The predicted molar refractivity (Wildman–Crippen MR) is 128 cm³/mol. The summed E-state index contributed by atoms with van der Waals surface area (Å²) in [5, 5.41) is 11.2. The number of aliphatic imine (C=N–C) groups is 1. The van der Waals surface area contributed by atoms with Gasteiger partial charge in [-0.05, 0) is 79.4 Å². The van der Waals surface area contributed by atoms with E-state index in [1.165, 1.54) is 11.1 Å². The first kappa shape index (κ1) is 19.8. The summed E-state index contributed by atoms with van der Waals surface area (Å²) in [6.45, 7) is 6.12. The lowest BCUT2D eigenvalue weighted by molar-refractivity contribution is 0.164. The van der Waals surface area contributed by atoms with Gasteiger partial charge in [0.05, 0.1) is 0 Å². The first-order chi connectivity index (χ1) is 15.9. The fourth-order valence-corrected chi connectivity index (χ4v) is 5.01. The standard InChI is InChI=1S/C28H24N2O3/c1-16-11-20(27-30-28(3)15-19-6-4-5-7-22(19)26(28)33-27)14-21(12-16)32-24-9-8-18-10-17(2)13-23(31)25(18)29-24/h4-14,26,31H,15H2,1-3H3/t26-,28-/m0/s1. The van der Waals surface area contributed by atoms with Crippen molar-refractivity contribution in [3.05, 3.63) is 94.5 Å². The van der Waals surface area contributed by atoms with Gasteiger partial charge < -0.3 is 14.6 Å². The van der Waals surface area contributed by atoms with Crippen LogP contribution in [0.15, 0.2) is 71.7 Å². The molecular weight excluding hydrogens is 412 g/mol. The van der Waals surface area contributed by atoms with E-state index in [0.717, 1.165) is 28.5 Å². The first-order valence-electron chi connectivity index (χ1n) is 11.1. The Labute approximate surface area is 192 Å². The number of phenols is 1. The number of phenolic OH excluding ortho intramolecular Hbond substituents is 1. The molecule has 1 aliphatic heterocycles. The van der Waals surface area contributed by atoms with Crippen molar-refractivity contribution in [3.8, 4) is 17.4 Å². The molecular formula is C28H24N2O3. The molecule has 0 saturated heterocycles. The van der Waals surface area contributed by atoms with Crippen LogP contribution in [0.3, 0.4) is 0 Å². The van der Waals surface area contributed by atoms with E-state index in [9.17, 15) is 5.11 Å². The van der Waals surface area contributed by atoms with Gasteiger partial charge in [-0.15, -0.1) is 0 Å².